The average Bonchev–Trinajstić information content (AvgIpc) is 2.70. The topological polar surface area (TPSA) is 39.7 Å². The maximum Gasteiger partial charge on any atom is 0.236 e. The molecule has 1 aromatic carbocycles. The van der Waals surface area contributed by atoms with Gasteiger partial charge in [0.15, 0.2) is 0 Å². The number of hydrogen-bond donors (Lipinski definition) is 0. The Kier molecular flexibility index (Phi) is 7.36. The van der Waals surface area contributed by atoms with E-state index >= 15 is 0 Å². The average molecular weight is 405 g/mol. The lowest BCUT2D eigenvalue weighted by Gasteiger charge is -2.35. The van der Waals surface area contributed by atoms with E-state index in [4.69, 9.17) is 11.6 Å². The van der Waals surface area contributed by atoms with Crippen LogP contribution in [-0.2, 0) is 17.8 Å². The van der Waals surface area contributed by atoms with Gasteiger partial charge < -0.3 is 4.90 Å². The van der Waals surface area contributed by atoms with Gasteiger partial charge in [0, 0.05) is 68.2 Å². The number of piperazine rings is 1. The molecule has 28 heavy (non-hydrogen) atoms. The second-order valence-corrected chi connectivity index (χ2v) is 7.57. The van der Waals surface area contributed by atoms with Gasteiger partial charge in [0.25, 0.3) is 0 Å². The van der Waals surface area contributed by atoms with Crippen LogP contribution in [0.2, 0.25) is 5.02 Å². The molecule has 5 nitrogen and oxygen atoms in total. The SMILES string of the molecule is CN(CCc1ccccn1)CC(=O)N1CCN(Cc2c(F)cccc2Cl)CC1. The Labute approximate surface area is 170 Å². The fourth-order valence-electron chi connectivity index (χ4n) is 3.32. The van der Waals surface area contributed by atoms with Gasteiger partial charge in [-0.05, 0) is 31.3 Å². The first-order valence-electron chi connectivity index (χ1n) is 9.54. The molecule has 0 atom stereocenters. The molecule has 2 aromatic rings. The molecule has 0 N–H and O–H groups in total. The lowest BCUT2D eigenvalue weighted by molar-refractivity contribution is -0.133. The van der Waals surface area contributed by atoms with Gasteiger partial charge in [0.1, 0.15) is 5.82 Å². The summed E-state index contributed by atoms with van der Waals surface area (Å²) in [6, 6.07) is 10.6. The van der Waals surface area contributed by atoms with E-state index in [9.17, 15) is 9.18 Å². The summed E-state index contributed by atoms with van der Waals surface area (Å²) >= 11 is 6.12. The first-order chi connectivity index (χ1) is 13.5. The van der Waals surface area contributed by atoms with Crippen LogP contribution in [0.15, 0.2) is 42.6 Å². The maximum absolute atomic E-state index is 14.0. The van der Waals surface area contributed by atoms with E-state index in [1.54, 1.807) is 18.3 Å². The number of rotatable bonds is 7. The van der Waals surface area contributed by atoms with Gasteiger partial charge in [-0.25, -0.2) is 4.39 Å². The Morgan fingerprint density at radius 3 is 2.64 bits per heavy atom. The van der Waals surface area contributed by atoms with E-state index in [0.29, 0.717) is 49.9 Å². The molecule has 1 aromatic heterocycles. The van der Waals surface area contributed by atoms with E-state index in [1.165, 1.54) is 6.07 Å². The summed E-state index contributed by atoms with van der Waals surface area (Å²) in [5, 5.41) is 0.452. The second kappa shape index (κ2) is 9.96. The molecule has 0 spiro atoms. The predicted molar refractivity (Wildman–Crippen MR) is 109 cm³/mol. The van der Waals surface area contributed by atoms with Gasteiger partial charge in [-0.15, -0.1) is 0 Å². The maximum atomic E-state index is 14.0. The van der Waals surface area contributed by atoms with Gasteiger partial charge in [-0.2, -0.15) is 0 Å². The highest BCUT2D eigenvalue weighted by Crippen LogP contribution is 2.21. The first-order valence-corrected chi connectivity index (χ1v) is 9.92. The minimum Gasteiger partial charge on any atom is -0.339 e. The Bertz CT molecular complexity index is 761. The largest absolute Gasteiger partial charge is 0.339 e. The zero-order valence-electron chi connectivity index (χ0n) is 16.2. The van der Waals surface area contributed by atoms with Gasteiger partial charge >= 0.3 is 0 Å². The third-order valence-corrected chi connectivity index (χ3v) is 5.40. The number of carbonyl (C=O) groups is 1. The Morgan fingerprint density at radius 1 is 1.18 bits per heavy atom. The van der Waals surface area contributed by atoms with Crippen molar-refractivity contribution in [1.29, 1.82) is 0 Å². The van der Waals surface area contributed by atoms with Crippen molar-refractivity contribution in [3.8, 4) is 0 Å². The van der Waals surface area contributed by atoms with Crippen LogP contribution in [0.1, 0.15) is 11.3 Å². The van der Waals surface area contributed by atoms with Crippen molar-refractivity contribution >= 4 is 17.5 Å². The second-order valence-electron chi connectivity index (χ2n) is 7.17. The molecular weight excluding hydrogens is 379 g/mol. The van der Waals surface area contributed by atoms with Gasteiger partial charge in [-0.3, -0.25) is 19.6 Å². The number of nitrogens with zero attached hydrogens (tertiary/aromatic N) is 4. The molecule has 0 bridgehead atoms. The lowest BCUT2D eigenvalue weighted by Crippen LogP contribution is -2.50. The third-order valence-electron chi connectivity index (χ3n) is 5.05. The fraction of sp³-hybridized carbons (Fsp3) is 0.429. The molecule has 3 rings (SSSR count). The van der Waals surface area contributed by atoms with Gasteiger partial charge in [-0.1, -0.05) is 23.7 Å². The third kappa shape index (κ3) is 5.74. The van der Waals surface area contributed by atoms with E-state index in [-0.39, 0.29) is 11.7 Å². The number of hydrogen-bond acceptors (Lipinski definition) is 4. The molecule has 1 amide bonds. The minimum absolute atomic E-state index is 0.132. The van der Waals surface area contributed by atoms with Crippen LogP contribution in [0, 0.1) is 5.82 Å². The van der Waals surface area contributed by atoms with Gasteiger partial charge in [0.05, 0.1) is 6.54 Å². The summed E-state index contributed by atoms with van der Waals surface area (Å²) in [5.41, 5.74) is 1.56. The summed E-state index contributed by atoms with van der Waals surface area (Å²) < 4.78 is 14.0. The number of likely N-dealkylation sites (N-methyl/N-ethyl adjacent to an activating group) is 1. The smallest absolute Gasteiger partial charge is 0.236 e. The Morgan fingerprint density at radius 2 is 1.96 bits per heavy atom. The normalized spacial score (nSPS) is 15.2. The summed E-state index contributed by atoms with van der Waals surface area (Å²) in [7, 11) is 1.96. The van der Waals surface area contributed by atoms with E-state index in [2.05, 4.69) is 9.88 Å². The minimum atomic E-state index is -0.277. The van der Waals surface area contributed by atoms with Crippen molar-refractivity contribution < 1.29 is 9.18 Å². The zero-order valence-corrected chi connectivity index (χ0v) is 16.9. The van der Waals surface area contributed by atoms with E-state index in [0.717, 1.165) is 18.7 Å². The first kappa shape index (κ1) is 20.7. The number of halogens is 2. The van der Waals surface area contributed by atoms with Crippen LogP contribution in [0.3, 0.4) is 0 Å². The predicted octanol–water partition coefficient (Wildman–Crippen LogP) is 2.69. The van der Waals surface area contributed by atoms with E-state index < -0.39 is 0 Å². The quantitative estimate of drug-likeness (QED) is 0.711. The highest BCUT2D eigenvalue weighted by Gasteiger charge is 2.23. The van der Waals surface area contributed by atoms with Crippen LogP contribution in [0.25, 0.3) is 0 Å². The van der Waals surface area contributed by atoms with Crippen LogP contribution in [-0.4, -0.2) is 71.9 Å². The van der Waals surface area contributed by atoms with Crippen molar-refractivity contribution in [2.45, 2.75) is 13.0 Å². The van der Waals surface area contributed by atoms with Crippen molar-refractivity contribution in [2.24, 2.45) is 0 Å². The Balaban J connectivity index is 1.42. The van der Waals surface area contributed by atoms with Crippen LogP contribution < -0.4 is 0 Å². The molecule has 1 fully saturated rings. The summed E-state index contributed by atoms with van der Waals surface area (Å²) in [6.07, 6.45) is 2.61. The molecule has 0 radical (unpaired) electrons. The molecule has 150 valence electrons. The zero-order chi connectivity index (χ0) is 19.9. The number of aromatic nitrogens is 1. The summed E-state index contributed by atoms with van der Waals surface area (Å²) in [4.78, 5) is 22.9. The van der Waals surface area contributed by atoms with Crippen molar-refractivity contribution in [1.82, 2.24) is 19.7 Å². The Hall–Kier alpha value is -2.02. The highest BCUT2D eigenvalue weighted by atomic mass is 35.5. The van der Waals surface area contributed by atoms with Crippen molar-refractivity contribution in [3.05, 3.63) is 64.7 Å². The van der Waals surface area contributed by atoms with Crippen LogP contribution >= 0.6 is 11.6 Å². The highest BCUT2D eigenvalue weighted by molar-refractivity contribution is 6.31. The fourth-order valence-corrected chi connectivity index (χ4v) is 3.55. The molecule has 1 aliphatic rings. The lowest BCUT2D eigenvalue weighted by atomic mass is 10.2. The van der Waals surface area contributed by atoms with Gasteiger partial charge in [0.2, 0.25) is 5.91 Å². The molecule has 7 heteroatoms. The molecule has 0 aliphatic carbocycles. The number of carbonyl (C=O) groups excluding carboxylic acids is 1. The monoisotopic (exact) mass is 404 g/mol. The number of amides is 1. The summed E-state index contributed by atoms with van der Waals surface area (Å²) in [6.45, 7) is 4.39. The van der Waals surface area contributed by atoms with Crippen LogP contribution in [0.4, 0.5) is 4.39 Å². The number of benzene rings is 1. The van der Waals surface area contributed by atoms with E-state index in [1.807, 2.05) is 35.0 Å². The summed E-state index contributed by atoms with van der Waals surface area (Å²) in [5.74, 6) is -0.146. The molecule has 1 saturated heterocycles. The standard InChI is InChI=1S/C21H26ClFN4O/c1-25(10-8-17-5-2-3-9-24-17)16-21(28)27-13-11-26(12-14-27)15-18-19(22)6-4-7-20(18)23/h2-7,9H,8,10-16H2,1H3. The molecule has 2 heterocycles. The molecule has 0 saturated carbocycles. The molecular formula is C21H26ClFN4O. The molecule has 0 unspecified atom stereocenters. The molecule has 1 aliphatic heterocycles. The van der Waals surface area contributed by atoms with Crippen LogP contribution in [0.5, 0.6) is 0 Å². The van der Waals surface area contributed by atoms with Crippen molar-refractivity contribution in [3.63, 3.8) is 0 Å². The van der Waals surface area contributed by atoms with Crippen molar-refractivity contribution in [2.75, 3.05) is 46.3 Å². The number of pyridine rings is 1.